The maximum absolute atomic E-state index is 14.0. The van der Waals surface area contributed by atoms with Crippen molar-refractivity contribution in [2.75, 3.05) is 12.3 Å². The smallest absolute Gasteiger partial charge is 0.340 e. The number of carbonyl (C=O) groups is 1. The highest BCUT2D eigenvalue weighted by molar-refractivity contribution is 5.95. The number of aryl methyl sites for hydroxylation is 2. The molecule has 0 saturated heterocycles. The minimum Gasteiger partial charge on any atom is -0.462 e. The van der Waals surface area contributed by atoms with Crippen LogP contribution in [0.1, 0.15) is 28.9 Å². The molecule has 0 saturated carbocycles. The van der Waals surface area contributed by atoms with Crippen LogP contribution in [-0.4, -0.2) is 27.3 Å². The van der Waals surface area contributed by atoms with Gasteiger partial charge < -0.3 is 10.5 Å². The fourth-order valence-electron chi connectivity index (χ4n) is 1.87. The number of nitrogen functional groups attached to an aromatic ring is 1. The summed E-state index contributed by atoms with van der Waals surface area (Å²) in [6.07, 6.45) is 0. The minimum atomic E-state index is -0.597. The molecule has 2 N–H and O–H groups in total. The number of nitrogens with zero attached hydrogens (tertiary/aromatic N) is 3. The van der Waals surface area contributed by atoms with E-state index in [1.54, 1.807) is 20.8 Å². The molecule has 0 aliphatic heterocycles. The van der Waals surface area contributed by atoms with Crippen LogP contribution >= 0.6 is 0 Å². The summed E-state index contributed by atoms with van der Waals surface area (Å²) in [5.41, 5.74) is 5.90. The first-order valence-electron chi connectivity index (χ1n) is 6.10. The van der Waals surface area contributed by atoms with Crippen LogP contribution in [0.3, 0.4) is 0 Å². The monoisotopic (exact) mass is 278 g/mol. The molecule has 0 unspecified atom stereocenters. The third-order valence-electron chi connectivity index (χ3n) is 2.72. The summed E-state index contributed by atoms with van der Waals surface area (Å²) >= 11 is 0. The van der Waals surface area contributed by atoms with Gasteiger partial charge in [-0.15, -0.1) is 0 Å². The van der Waals surface area contributed by atoms with Crippen molar-refractivity contribution in [1.82, 2.24) is 14.8 Å². The van der Waals surface area contributed by atoms with Crippen molar-refractivity contribution in [2.45, 2.75) is 20.8 Å². The van der Waals surface area contributed by atoms with Crippen molar-refractivity contribution in [1.29, 1.82) is 0 Å². The van der Waals surface area contributed by atoms with Gasteiger partial charge in [-0.1, -0.05) is 0 Å². The largest absolute Gasteiger partial charge is 0.462 e. The maximum atomic E-state index is 14.0. The lowest BCUT2D eigenvalue weighted by atomic mass is 10.1. The number of esters is 1. The van der Waals surface area contributed by atoms with Crippen LogP contribution in [0, 0.1) is 19.7 Å². The molecule has 2 aromatic rings. The molecule has 1 aromatic carbocycles. The Kier molecular flexibility index (Phi) is 3.69. The Bertz CT molecular complexity index is 667. The number of hydrogen-bond donors (Lipinski definition) is 1. The molecule has 6 nitrogen and oxygen atoms in total. The lowest BCUT2D eigenvalue weighted by Gasteiger charge is -2.10. The van der Waals surface area contributed by atoms with Gasteiger partial charge in [-0.3, -0.25) is 0 Å². The van der Waals surface area contributed by atoms with Crippen molar-refractivity contribution < 1.29 is 13.9 Å². The van der Waals surface area contributed by atoms with Gasteiger partial charge in [0.25, 0.3) is 0 Å². The fourth-order valence-corrected chi connectivity index (χ4v) is 1.87. The van der Waals surface area contributed by atoms with Crippen LogP contribution in [0.5, 0.6) is 0 Å². The Labute approximate surface area is 115 Å². The molecule has 0 aliphatic carbocycles. The third-order valence-corrected chi connectivity index (χ3v) is 2.72. The lowest BCUT2D eigenvalue weighted by molar-refractivity contribution is 0.0527. The molecule has 0 fully saturated rings. The SMILES string of the molecule is CCOC(=O)c1cc(-n2nc(C)nc2C)c(F)cc1N. The highest BCUT2D eigenvalue weighted by atomic mass is 19.1. The van der Waals surface area contributed by atoms with Crippen molar-refractivity contribution in [3.8, 4) is 5.69 Å². The number of carbonyl (C=O) groups excluding carboxylic acids is 1. The maximum Gasteiger partial charge on any atom is 0.340 e. The first-order valence-corrected chi connectivity index (χ1v) is 6.10. The number of halogens is 1. The summed E-state index contributed by atoms with van der Waals surface area (Å²) in [6, 6.07) is 2.40. The molecular weight excluding hydrogens is 263 g/mol. The zero-order valence-electron chi connectivity index (χ0n) is 11.5. The number of nitrogens with two attached hydrogens (primary N) is 1. The molecule has 0 bridgehead atoms. The van der Waals surface area contributed by atoms with Crippen molar-refractivity contribution >= 4 is 11.7 Å². The quantitative estimate of drug-likeness (QED) is 0.683. The number of anilines is 1. The Morgan fingerprint density at radius 2 is 2.15 bits per heavy atom. The van der Waals surface area contributed by atoms with E-state index in [-0.39, 0.29) is 23.5 Å². The summed E-state index contributed by atoms with van der Waals surface area (Å²) in [6.45, 7) is 5.29. The molecule has 0 amide bonds. The summed E-state index contributed by atoms with van der Waals surface area (Å²) < 4.78 is 20.2. The predicted molar refractivity (Wildman–Crippen MR) is 71.2 cm³/mol. The second-order valence-corrected chi connectivity index (χ2v) is 4.23. The van der Waals surface area contributed by atoms with Gasteiger partial charge in [0.15, 0.2) is 5.82 Å². The Hall–Kier alpha value is -2.44. The van der Waals surface area contributed by atoms with Crippen LogP contribution in [0.25, 0.3) is 5.69 Å². The second kappa shape index (κ2) is 5.28. The van der Waals surface area contributed by atoms with Gasteiger partial charge in [0.2, 0.25) is 0 Å². The molecule has 1 heterocycles. The van der Waals surface area contributed by atoms with E-state index >= 15 is 0 Å². The van der Waals surface area contributed by atoms with Gasteiger partial charge in [0.05, 0.1) is 12.2 Å². The summed E-state index contributed by atoms with van der Waals surface area (Å²) in [7, 11) is 0. The molecular formula is C13H15FN4O2. The van der Waals surface area contributed by atoms with Crippen LogP contribution in [0.15, 0.2) is 12.1 Å². The number of hydrogen-bond acceptors (Lipinski definition) is 5. The van der Waals surface area contributed by atoms with Crippen LogP contribution in [0.2, 0.25) is 0 Å². The van der Waals surface area contributed by atoms with Gasteiger partial charge in [0, 0.05) is 5.69 Å². The van der Waals surface area contributed by atoms with Crippen molar-refractivity contribution in [2.24, 2.45) is 0 Å². The molecule has 106 valence electrons. The number of rotatable bonds is 3. The standard InChI is InChI=1S/C13H15FN4O2/c1-4-20-13(19)9-5-12(10(14)6-11(9)15)18-8(3)16-7(2)17-18/h5-6H,4,15H2,1-3H3. The average Bonchev–Trinajstić information content (AvgIpc) is 2.68. The highest BCUT2D eigenvalue weighted by Crippen LogP contribution is 2.22. The lowest BCUT2D eigenvalue weighted by Crippen LogP contribution is -2.11. The van der Waals surface area contributed by atoms with Gasteiger partial charge >= 0.3 is 5.97 Å². The normalized spacial score (nSPS) is 10.6. The third kappa shape index (κ3) is 2.47. The van der Waals surface area contributed by atoms with E-state index in [4.69, 9.17) is 10.5 Å². The van der Waals surface area contributed by atoms with Crippen molar-refractivity contribution in [3.05, 3.63) is 35.2 Å². The number of ether oxygens (including phenoxy) is 1. The van der Waals surface area contributed by atoms with E-state index in [0.717, 1.165) is 6.07 Å². The Morgan fingerprint density at radius 1 is 1.45 bits per heavy atom. The fraction of sp³-hybridized carbons (Fsp3) is 0.308. The second-order valence-electron chi connectivity index (χ2n) is 4.23. The highest BCUT2D eigenvalue weighted by Gasteiger charge is 2.18. The molecule has 20 heavy (non-hydrogen) atoms. The summed E-state index contributed by atoms with van der Waals surface area (Å²) in [5, 5.41) is 4.09. The summed E-state index contributed by atoms with van der Waals surface area (Å²) in [5.74, 6) is -0.151. The van der Waals surface area contributed by atoms with Gasteiger partial charge in [-0.2, -0.15) is 5.10 Å². The van der Waals surface area contributed by atoms with E-state index in [1.165, 1.54) is 10.7 Å². The van der Waals surface area contributed by atoms with Gasteiger partial charge in [-0.05, 0) is 32.9 Å². The van der Waals surface area contributed by atoms with E-state index in [2.05, 4.69) is 10.1 Å². The first-order chi connectivity index (χ1) is 9.43. The molecule has 0 radical (unpaired) electrons. The van der Waals surface area contributed by atoms with Crippen LogP contribution in [-0.2, 0) is 4.74 Å². The molecule has 1 aromatic heterocycles. The van der Waals surface area contributed by atoms with Crippen LogP contribution in [0.4, 0.5) is 10.1 Å². The Morgan fingerprint density at radius 3 is 2.70 bits per heavy atom. The topological polar surface area (TPSA) is 83.0 Å². The molecule has 0 atom stereocenters. The molecule has 0 aliphatic rings. The van der Waals surface area contributed by atoms with E-state index in [0.29, 0.717) is 11.6 Å². The zero-order chi connectivity index (χ0) is 14.9. The predicted octanol–water partition coefficient (Wildman–Crippen LogP) is 1.78. The first kappa shape index (κ1) is 14.0. The molecule has 7 heteroatoms. The number of aromatic nitrogens is 3. The van der Waals surface area contributed by atoms with E-state index in [9.17, 15) is 9.18 Å². The summed E-state index contributed by atoms with van der Waals surface area (Å²) in [4.78, 5) is 15.9. The van der Waals surface area contributed by atoms with E-state index < -0.39 is 11.8 Å². The van der Waals surface area contributed by atoms with Crippen molar-refractivity contribution in [3.63, 3.8) is 0 Å². The number of benzene rings is 1. The minimum absolute atomic E-state index is 0.0270. The van der Waals surface area contributed by atoms with Crippen LogP contribution < -0.4 is 5.73 Å². The average molecular weight is 278 g/mol. The van der Waals surface area contributed by atoms with E-state index in [1.807, 2.05) is 0 Å². The van der Waals surface area contributed by atoms with Gasteiger partial charge in [0.1, 0.15) is 17.3 Å². The molecule has 2 rings (SSSR count). The van der Waals surface area contributed by atoms with Gasteiger partial charge in [-0.25, -0.2) is 18.9 Å². The molecule has 0 spiro atoms. The Balaban J connectivity index is 2.57. The zero-order valence-corrected chi connectivity index (χ0v) is 11.5.